The topological polar surface area (TPSA) is 205 Å². The van der Waals surface area contributed by atoms with Crippen LogP contribution in [0, 0.1) is 11.8 Å². The molecule has 3 aliphatic rings. The fourth-order valence-corrected chi connectivity index (χ4v) is 10.9. The molecule has 0 unspecified atom stereocenters. The number of alkyl halides is 2. The quantitative estimate of drug-likeness (QED) is 0.122. The smallest absolute Gasteiger partial charge is 0.329 e. The third-order valence-corrected chi connectivity index (χ3v) is 16.0. The van der Waals surface area contributed by atoms with Crippen LogP contribution in [-0.2, 0) is 79.6 Å². The van der Waals surface area contributed by atoms with Gasteiger partial charge >= 0.3 is 23.9 Å². The molecule has 0 radical (unpaired) electrons. The van der Waals surface area contributed by atoms with E-state index in [4.69, 9.17) is 28.4 Å². The van der Waals surface area contributed by atoms with Gasteiger partial charge in [0.25, 0.3) is 23.6 Å². The molecule has 3 heterocycles. The van der Waals surface area contributed by atoms with Crippen LogP contribution in [0.2, 0.25) is 0 Å². The van der Waals surface area contributed by atoms with Gasteiger partial charge in [0.05, 0.1) is 0 Å². The number of benzene rings is 2. The standard InChI is InChI=1S/C63H92F2N4O14/c1-38(2)33-49-59(75)80-40(5)54(70)66(11)48(23-28-62(7,8)64)58(74)82-52(35-42-15-19-44(20-16-42)46-24-29-78-30-25-46)56(72)67(12)50(34-39(3)4)60(76)81-41(6)55(71)69(14)51(37-63(9,10)65)61(77)83-53(57(73)68(49)13)36-43-17-21-45(22-18-43)47-26-31-79-32-27-47/h15-22,38-41,46-53H,23-37H2,1-14H3/t40-,41-,48+,49+,50+,51+,52-,53-/m1/s1. The zero-order valence-electron chi connectivity index (χ0n) is 51.4. The highest BCUT2D eigenvalue weighted by Gasteiger charge is 2.44. The van der Waals surface area contributed by atoms with E-state index in [0.717, 1.165) is 56.4 Å². The lowest BCUT2D eigenvalue weighted by Crippen LogP contribution is -2.55. The van der Waals surface area contributed by atoms with E-state index in [-0.39, 0.29) is 62.2 Å². The van der Waals surface area contributed by atoms with Crippen molar-refractivity contribution < 1.29 is 75.6 Å². The maximum atomic E-state index is 15.9. The second-order valence-electron chi connectivity index (χ2n) is 25.0. The molecule has 0 aliphatic carbocycles. The summed E-state index contributed by atoms with van der Waals surface area (Å²) in [5.41, 5.74) is -0.682. The van der Waals surface area contributed by atoms with E-state index in [0.29, 0.717) is 37.6 Å². The van der Waals surface area contributed by atoms with Gasteiger partial charge in [-0.2, -0.15) is 0 Å². The van der Waals surface area contributed by atoms with E-state index in [2.05, 4.69) is 0 Å². The number of cyclic esters (lactones) is 4. The maximum Gasteiger partial charge on any atom is 0.329 e. The van der Waals surface area contributed by atoms with E-state index in [1.54, 1.807) is 39.8 Å². The number of nitrogens with zero attached hydrogens (tertiary/aromatic N) is 4. The molecule has 0 aromatic heterocycles. The molecule has 0 saturated carbocycles. The van der Waals surface area contributed by atoms with Crippen LogP contribution in [0.4, 0.5) is 8.78 Å². The van der Waals surface area contributed by atoms with Gasteiger partial charge in [-0.1, -0.05) is 76.2 Å². The van der Waals surface area contributed by atoms with Crippen molar-refractivity contribution in [3.63, 3.8) is 0 Å². The molecule has 8 atom stereocenters. The Morgan fingerprint density at radius 1 is 0.470 bits per heavy atom. The van der Waals surface area contributed by atoms with Gasteiger partial charge in [0.15, 0.2) is 24.4 Å². The van der Waals surface area contributed by atoms with Crippen molar-refractivity contribution in [1.82, 2.24) is 19.6 Å². The Balaban J connectivity index is 1.62. The molecule has 2 aromatic rings. The van der Waals surface area contributed by atoms with Crippen molar-refractivity contribution >= 4 is 47.5 Å². The molecule has 18 nitrogen and oxygen atoms in total. The van der Waals surface area contributed by atoms with E-state index >= 15 is 18.4 Å². The Bertz CT molecular complexity index is 2510. The number of likely N-dealkylation sites (N-methyl/N-ethyl adjacent to an activating group) is 4. The van der Waals surface area contributed by atoms with Crippen molar-refractivity contribution in [3.8, 4) is 0 Å². The SMILES string of the molecule is CC(C)C[C@H]1C(=O)O[C@H](C)C(=O)N(C)[C@@H](CCC(C)(C)F)C(=O)O[C@H](Cc2ccc(C3CCOCC3)cc2)C(=O)N(C)[C@@H](CC(C)C)C(=O)O[C@H](C)C(=O)N(C)[C@@H](CC(C)(C)F)C(=O)O[C@H](Cc2ccc(C3CCOCC3)cc2)C(=O)N1C. The van der Waals surface area contributed by atoms with E-state index in [1.807, 2.05) is 36.4 Å². The Morgan fingerprint density at radius 3 is 1.13 bits per heavy atom. The molecule has 0 spiro atoms. The monoisotopic (exact) mass is 1170 g/mol. The number of carbonyl (C=O) groups is 8. The highest BCUT2D eigenvalue weighted by Crippen LogP contribution is 2.31. The molecule has 20 heteroatoms. The highest BCUT2D eigenvalue weighted by molar-refractivity contribution is 5.94. The number of hydrogen-bond donors (Lipinski definition) is 0. The lowest BCUT2D eigenvalue weighted by atomic mass is 9.90. The summed E-state index contributed by atoms with van der Waals surface area (Å²) in [5, 5.41) is 0. The number of amides is 4. The van der Waals surface area contributed by atoms with Crippen molar-refractivity contribution in [2.45, 2.75) is 212 Å². The van der Waals surface area contributed by atoms with Crippen LogP contribution in [0.15, 0.2) is 48.5 Å². The first-order valence-electron chi connectivity index (χ1n) is 29.4. The van der Waals surface area contributed by atoms with Gasteiger partial charge in [0.1, 0.15) is 35.5 Å². The number of carbonyl (C=O) groups excluding carboxylic acids is 8. The summed E-state index contributed by atoms with van der Waals surface area (Å²) in [6.45, 7) is 17.3. The van der Waals surface area contributed by atoms with Gasteiger partial charge in [-0.3, -0.25) is 19.2 Å². The van der Waals surface area contributed by atoms with Crippen LogP contribution in [0.25, 0.3) is 0 Å². The van der Waals surface area contributed by atoms with Crippen LogP contribution in [0.3, 0.4) is 0 Å². The van der Waals surface area contributed by atoms with Crippen molar-refractivity contribution in [2.24, 2.45) is 11.8 Å². The van der Waals surface area contributed by atoms with Gasteiger partial charge < -0.3 is 48.0 Å². The predicted octanol–water partition coefficient (Wildman–Crippen LogP) is 8.03. The molecular formula is C63H92F2N4O14. The van der Waals surface area contributed by atoms with Crippen LogP contribution in [-0.4, -0.2) is 182 Å². The molecule has 3 aliphatic heterocycles. The molecule has 0 bridgehead atoms. The first kappa shape index (κ1) is 67.8. The van der Waals surface area contributed by atoms with Crippen LogP contribution in [0.1, 0.15) is 161 Å². The van der Waals surface area contributed by atoms with Crippen molar-refractivity contribution in [2.75, 3.05) is 54.6 Å². The molecule has 462 valence electrons. The van der Waals surface area contributed by atoms with E-state index in [1.165, 1.54) is 69.7 Å². The minimum Gasteiger partial charge on any atom is -0.451 e. The highest BCUT2D eigenvalue weighted by atomic mass is 19.1. The second kappa shape index (κ2) is 30.2. The maximum absolute atomic E-state index is 15.9. The largest absolute Gasteiger partial charge is 0.451 e. The van der Waals surface area contributed by atoms with Crippen LogP contribution in [0.5, 0.6) is 0 Å². The summed E-state index contributed by atoms with van der Waals surface area (Å²) < 4.78 is 66.3. The fraction of sp³-hybridized carbons (Fsp3) is 0.683. The number of hydrogen-bond acceptors (Lipinski definition) is 14. The number of rotatable bonds is 15. The molecule has 3 saturated heterocycles. The lowest BCUT2D eigenvalue weighted by molar-refractivity contribution is -0.176. The number of halogens is 2. The third-order valence-electron chi connectivity index (χ3n) is 16.0. The number of ether oxygens (including phenoxy) is 6. The Labute approximate surface area is 489 Å². The zero-order chi connectivity index (χ0) is 61.7. The molecule has 2 aromatic carbocycles. The van der Waals surface area contributed by atoms with Crippen LogP contribution < -0.4 is 0 Å². The number of esters is 4. The van der Waals surface area contributed by atoms with Gasteiger partial charge in [-0.25, -0.2) is 28.0 Å². The van der Waals surface area contributed by atoms with E-state index < -0.39 is 114 Å². The average Bonchev–Trinajstić information content (AvgIpc) is 3.44. The molecule has 83 heavy (non-hydrogen) atoms. The molecule has 0 N–H and O–H groups in total. The first-order chi connectivity index (χ1) is 38.8. The predicted molar refractivity (Wildman–Crippen MR) is 306 cm³/mol. The molecule has 5 rings (SSSR count). The van der Waals surface area contributed by atoms with Gasteiger partial charge in [0, 0.05) is 73.9 Å². The summed E-state index contributed by atoms with van der Waals surface area (Å²) in [6, 6.07) is 8.95. The minimum atomic E-state index is -2.10. The Kier molecular flexibility index (Phi) is 24.6. The Hall–Kier alpha value is -6.02. The summed E-state index contributed by atoms with van der Waals surface area (Å²) in [4.78, 5) is 122. The van der Waals surface area contributed by atoms with Crippen LogP contribution >= 0.6 is 0 Å². The van der Waals surface area contributed by atoms with E-state index in [9.17, 15) is 28.8 Å². The van der Waals surface area contributed by atoms with Gasteiger partial charge in [-0.05, 0) is 139 Å². The van der Waals surface area contributed by atoms with Gasteiger partial charge in [0.2, 0.25) is 0 Å². The third kappa shape index (κ3) is 19.8. The summed E-state index contributed by atoms with van der Waals surface area (Å²) >= 11 is 0. The lowest BCUT2D eigenvalue weighted by Gasteiger charge is -2.36. The van der Waals surface area contributed by atoms with Crippen molar-refractivity contribution in [3.05, 3.63) is 70.8 Å². The van der Waals surface area contributed by atoms with Crippen molar-refractivity contribution in [1.29, 1.82) is 0 Å². The minimum absolute atomic E-state index is 0.00545. The summed E-state index contributed by atoms with van der Waals surface area (Å²) in [6.07, 6.45) is -4.82. The normalized spacial score (nSPS) is 25.8. The molecule has 4 amide bonds. The zero-order valence-corrected chi connectivity index (χ0v) is 51.4. The first-order valence-corrected chi connectivity index (χ1v) is 29.4. The molecular weight excluding hydrogens is 1070 g/mol. The average molecular weight is 1170 g/mol. The summed E-state index contributed by atoms with van der Waals surface area (Å²) in [7, 11) is 5.16. The molecule has 3 fully saturated rings. The van der Waals surface area contributed by atoms with Gasteiger partial charge in [-0.15, -0.1) is 0 Å². The second-order valence-corrected chi connectivity index (χ2v) is 25.0. The Morgan fingerprint density at radius 2 is 0.795 bits per heavy atom. The fourth-order valence-electron chi connectivity index (χ4n) is 10.9. The summed E-state index contributed by atoms with van der Waals surface area (Å²) in [5.74, 6) is -7.81.